The predicted octanol–water partition coefficient (Wildman–Crippen LogP) is 0.209. The van der Waals surface area contributed by atoms with Gasteiger partial charge in [0.15, 0.2) is 0 Å². The van der Waals surface area contributed by atoms with Crippen LogP contribution in [0.5, 0.6) is 6.01 Å². The molecule has 0 aliphatic rings. The molecule has 1 heterocycles. The van der Waals surface area contributed by atoms with Gasteiger partial charge in [-0.3, -0.25) is 4.79 Å². The molecule has 0 saturated heterocycles. The Kier molecular flexibility index (Phi) is 4.24. The van der Waals surface area contributed by atoms with Crippen LogP contribution in [-0.2, 0) is 4.79 Å². The Balaban J connectivity index is 2.77. The second-order valence-corrected chi connectivity index (χ2v) is 3.54. The van der Waals surface area contributed by atoms with E-state index in [-0.39, 0.29) is 29.9 Å². The van der Waals surface area contributed by atoms with Crippen LogP contribution in [0, 0.1) is 0 Å². The average Bonchev–Trinajstić information content (AvgIpc) is 2.12. The maximum Gasteiger partial charge on any atom is 0.322 e. The SMILES string of the molecule is CC(C)Oc1nc(Cl)nc(NCC(N)=O)n1. The molecule has 1 rings (SSSR count). The van der Waals surface area contributed by atoms with Crippen molar-refractivity contribution in [3.05, 3.63) is 5.28 Å². The van der Waals surface area contributed by atoms with Gasteiger partial charge in [-0.25, -0.2) is 0 Å². The lowest BCUT2D eigenvalue weighted by Gasteiger charge is -2.08. The molecule has 0 saturated carbocycles. The van der Waals surface area contributed by atoms with Crippen LogP contribution in [0.25, 0.3) is 0 Å². The zero-order valence-corrected chi connectivity index (χ0v) is 9.65. The van der Waals surface area contributed by atoms with Crippen LogP contribution in [0.2, 0.25) is 5.28 Å². The number of anilines is 1. The number of hydrogen-bond acceptors (Lipinski definition) is 6. The second-order valence-electron chi connectivity index (χ2n) is 3.20. The van der Waals surface area contributed by atoms with Crippen molar-refractivity contribution in [3.8, 4) is 6.01 Å². The van der Waals surface area contributed by atoms with E-state index in [0.29, 0.717) is 0 Å². The largest absolute Gasteiger partial charge is 0.461 e. The van der Waals surface area contributed by atoms with E-state index in [1.54, 1.807) is 0 Å². The molecule has 0 spiro atoms. The maximum atomic E-state index is 10.5. The third-order valence-corrected chi connectivity index (χ3v) is 1.52. The summed E-state index contributed by atoms with van der Waals surface area (Å²) in [5.74, 6) is -0.377. The highest BCUT2D eigenvalue weighted by Crippen LogP contribution is 2.12. The number of ether oxygens (including phenoxy) is 1. The molecule has 16 heavy (non-hydrogen) atoms. The number of nitrogens with one attached hydrogen (secondary N) is 1. The van der Waals surface area contributed by atoms with E-state index in [1.807, 2.05) is 13.8 Å². The van der Waals surface area contributed by atoms with E-state index < -0.39 is 5.91 Å². The molecule has 1 aromatic rings. The summed E-state index contributed by atoms with van der Waals surface area (Å²) in [6.07, 6.45) is -0.0811. The number of nitrogens with zero attached hydrogens (tertiary/aromatic N) is 3. The molecule has 0 fully saturated rings. The van der Waals surface area contributed by atoms with E-state index in [0.717, 1.165) is 0 Å². The highest BCUT2D eigenvalue weighted by Gasteiger charge is 2.07. The Morgan fingerprint density at radius 2 is 2.19 bits per heavy atom. The molecule has 0 atom stereocenters. The summed E-state index contributed by atoms with van der Waals surface area (Å²) >= 11 is 5.65. The maximum absolute atomic E-state index is 10.5. The molecule has 0 aliphatic heterocycles. The number of nitrogens with two attached hydrogens (primary N) is 1. The molecule has 88 valence electrons. The van der Waals surface area contributed by atoms with Gasteiger partial charge >= 0.3 is 6.01 Å². The van der Waals surface area contributed by atoms with Gasteiger partial charge in [0, 0.05) is 0 Å². The van der Waals surface area contributed by atoms with Crippen LogP contribution < -0.4 is 15.8 Å². The molecule has 0 unspecified atom stereocenters. The molecule has 1 amide bonds. The Morgan fingerprint density at radius 1 is 1.50 bits per heavy atom. The Labute approximate surface area is 97.4 Å². The van der Waals surface area contributed by atoms with Crippen molar-refractivity contribution in [1.82, 2.24) is 15.0 Å². The first-order valence-corrected chi connectivity index (χ1v) is 4.95. The van der Waals surface area contributed by atoms with Gasteiger partial charge in [0.1, 0.15) is 0 Å². The number of primary amides is 1. The van der Waals surface area contributed by atoms with Crippen molar-refractivity contribution >= 4 is 23.5 Å². The van der Waals surface area contributed by atoms with Crippen molar-refractivity contribution in [2.75, 3.05) is 11.9 Å². The number of carbonyl (C=O) groups excluding carboxylic acids is 1. The molecule has 0 radical (unpaired) electrons. The number of amides is 1. The van der Waals surface area contributed by atoms with Crippen LogP contribution in [0.3, 0.4) is 0 Å². The van der Waals surface area contributed by atoms with Gasteiger partial charge in [-0.1, -0.05) is 0 Å². The standard InChI is InChI=1S/C8H12ClN5O2/c1-4(2)16-8-13-6(9)12-7(14-8)11-3-5(10)15/h4H,3H2,1-2H3,(H2,10,15)(H,11,12,13,14). The highest BCUT2D eigenvalue weighted by atomic mass is 35.5. The van der Waals surface area contributed by atoms with Crippen LogP contribution in [0.1, 0.15) is 13.8 Å². The summed E-state index contributed by atoms with van der Waals surface area (Å²) in [7, 11) is 0. The van der Waals surface area contributed by atoms with Crippen LogP contribution >= 0.6 is 11.6 Å². The number of rotatable bonds is 5. The number of hydrogen-bond donors (Lipinski definition) is 2. The minimum atomic E-state index is -0.525. The number of halogens is 1. The van der Waals surface area contributed by atoms with Gasteiger partial charge in [-0.2, -0.15) is 15.0 Å². The van der Waals surface area contributed by atoms with Crippen LogP contribution in [0.4, 0.5) is 5.95 Å². The van der Waals surface area contributed by atoms with Gasteiger partial charge < -0.3 is 15.8 Å². The van der Waals surface area contributed by atoms with Crippen molar-refractivity contribution in [2.24, 2.45) is 5.73 Å². The van der Waals surface area contributed by atoms with E-state index in [4.69, 9.17) is 22.1 Å². The smallest absolute Gasteiger partial charge is 0.322 e. The minimum absolute atomic E-state index is 0.0161. The first-order chi connectivity index (χ1) is 7.47. The fourth-order valence-corrected chi connectivity index (χ4v) is 0.993. The lowest BCUT2D eigenvalue weighted by molar-refractivity contribution is -0.116. The fraction of sp³-hybridized carbons (Fsp3) is 0.500. The number of carbonyl (C=O) groups is 1. The summed E-state index contributed by atoms with van der Waals surface area (Å²) in [5, 5.41) is 2.58. The lowest BCUT2D eigenvalue weighted by atomic mass is 10.5. The normalized spacial score (nSPS) is 10.2. The Bertz CT molecular complexity index is 385. The molecule has 1 aromatic heterocycles. The zero-order chi connectivity index (χ0) is 12.1. The summed E-state index contributed by atoms with van der Waals surface area (Å²) < 4.78 is 5.24. The lowest BCUT2D eigenvalue weighted by Crippen LogP contribution is -2.23. The molecule has 3 N–H and O–H groups in total. The van der Waals surface area contributed by atoms with E-state index >= 15 is 0 Å². The van der Waals surface area contributed by atoms with Gasteiger partial charge in [-0.15, -0.1) is 0 Å². The van der Waals surface area contributed by atoms with E-state index in [9.17, 15) is 4.79 Å². The van der Waals surface area contributed by atoms with Gasteiger partial charge in [-0.05, 0) is 25.4 Å². The van der Waals surface area contributed by atoms with E-state index in [1.165, 1.54) is 0 Å². The van der Waals surface area contributed by atoms with Gasteiger partial charge in [0.2, 0.25) is 17.1 Å². The van der Waals surface area contributed by atoms with Crippen molar-refractivity contribution in [3.63, 3.8) is 0 Å². The van der Waals surface area contributed by atoms with Crippen LogP contribution in [0.15, 0.2) is 0 Å². The molecule has 0 bridgehead atoms. The van der Waals surface area contributed by atoms with Crippen molar-refractivity contribution in [1.29, 1.82) is 0 Å². The minimum Gasteiger partial charge on any atom is -0.461 e. The molecule has 8 heteroatoms. The molecule has 0 aliphatic carbocycles. The quantitative estimate of drug-likeness (QED) is 0.769. The Morgan fingerprint density at radius 3 is 2.75 bits per heavy atom. The summed E-state index contributed by atoms with van der Waals surface area (Å²) in [5.41, 5.74) is 4.96. The zero-order valence-electron chi connectivity index (χ0n) is 8.90. The van der Waals surface area contributed by atoms with Crippen LogP contribution in [-0.4, -0.2) is 33.5 Å². The average molecular weight is 246 g/mol. The molecule has 7 nitrogen and oxygen atoms in total. The topological polar surface area (TPSA) is 103 Å². The third-order valence-electron chi connectivity index (χ3n) is 1.35. The van der Waals surface area contributed by atoms with Crippen molar-refractivity contribution in [2.45, 2.75) is 20.0 Å². The number of aromatic nitrogens is 3. The Hall–Kier alpha value is -1.63. The van der Waals surface area contributed by atoms with E-state index in [2.05, 4.69) is 20.3 Å². The fourth-order valence-electron chi connectivity index (χ4n) is 0.841. The first-order valence-electron chi connectivity index (χ1n) is 4.58. The van der Waals surface area contributed by atoms with Crippen molar-refractivity contribution < 1.29 is 9.53 Å². The monoisotopic (exact) mass is 245 g/mol. The first kappa shape index (κ1) is 12.4. The third kappa shape index (κ3) is 4.26. The molecular formula is C8H12ClN5O2. The van der Waals surface area contributed by atoms with Gasteiger partial charge in [0.25, 0.3) is 0 Å². The highest BCUT2D eigenvalue weighted by molar-refractivity contribution is 6.28. The summed E-state index contributed by atoms with van der Waals surface area (Å²) in [6, 6.07) is 0.0990. The predicted molar refractivity (Wildman–Crippen MR) is 58.3 cm³/mol. The molecule has 0 aromatic carbocycles. The molecular weight excluding hydrogens is 234 g/mol. The van der Waals surface area contributed by atoms with Gasteiger partial charge in [0.05, 0.1) is 12.6 Å². The summed E-state index contributed by atoms with van der Waals surface area (Å²) in [4.78, 5) is 22.0. The summed E-state index contributed by atoms with van der Waals surface area (Å²) in [6.45, 7) is 3.57. The second kappa shape index (κ2) is 5.45.